The zero-order chi connectivity index (χ0) is 12.7. The Labute approximate surface area is 109 Å². The monoisotopic (exact) mass is 252 g/mol. The molecule has 0 unspecified atom stereocenters. The van der Waals surface area contributed by atoms with Crippen LogP contribution in [0.15, 0.2) is 24.3 Å². The SMILES string of the molecule is CCN(CC)CCOc1cccc(C(N)=S)c1. The van der Waals surface area contributed by atoms with Crippen molar-refractivity contribution in [2.45, 2.75) is 13.8 Å². The van der Waals surface area contributed by atoms with E-state index in [0.717, 1.165) is 30.9 Å². The topological polar surface area (TPSA) is 38.5 Å². The summed E-state index contributed by atoms with van der Waals surface area (Å²) in [5.41, 5.74) is 6.42. The normalized spacial score (nSPS) is 10.5. The highest BCUT2D eigenvalue weighted by Gasteiger charge is 2.01. The molecule has 0 heterocycles. The lowest BCUT2D eigenvalue weighted by Gasteiger charge is -2.18. The van der Waals surface area contributed by atoms with Gasteiger partial charge in [-0.15, -0.1) is 0 Å². The molecule has 94 valence electrons. The Morgan fingerprint density at radius 1 is 1.35 bits per heavy atom. The van der Waals surface area contributed by atoms with E-state index < -0.39 is 0 Å². The van der Waals surface area contributed by atoms with Crippen molar-refractivity contribution in [2.24, 2.45) is 5.73 Å². The first-order valence-electron chi connectivity index (χ1n) is 5.92. The molecule has 1 aromatic rings. The van der Waals surface area contributed by atoms with E-state index in [0.29, 0.717) is 11.6 Å². The van der Waals surface area contributed by atoms with Crippen LogP contribution in [0.3, 0.4) is 0 Å². The number of ether oxygens (including phenoxy) is 1. The number of likely N-dealkylation sites (N-methyl/N-ethyl adjacent to an activating group) is 1. The fourth-order valence-corrected chi connectivity index (χ4v) is 1.70. The van der Waals surface area contributed by atoms with Gasteiger partial charge in [-0.05, 0) is 25.2 Å². The summed E-state index contributed by atoms with van der Waals surface area (Å²) >= 11 is 4.93. The fraction of sp³-hybridized carbons (Fsp3) is 0.462. The molecule has 0 atom stereocenters. The van der Waals surface area contributed by atoms with Crippen LogP contribution in [0.5, 0.6) is 5.75 Å². The van der Waals surface area contributed by atoms with Gasteiger partial charge in [-0.3, -0.25) is 0 Å². The molecule has 17 heavy (non-hydrogen) atoms. The van der Waals surface area contributed by atoms with Crippen molar-refractivity contribution >= 4 is 17.2 Å². The first kappa shape index (κ1) is 13.9. The highest BCUT2D eigenvalue weighted by atomic mass is 32.1. The quantitative estimate of drug-likeness (QED) is 0.754. The van der Waals surface area contributed by atoms with Crippen LogP contribution in [-0.4, -0.2) is 36.1 Å². The Bertz CT molecular complexity index is 364. The van der Waals surface area contributed by atoms with Crippen LogP contribution < -0.4 is 10.5 Å². The minimum atomic E-state index is 0.402. The predicted octanol–water partition coefficient (Wildman–Crippen LogP) is 2.04. The molecule has 0 amide bonds. The predicted molar refractivity (Wildman–Crippen MR) is 75.6 cm³/mol. The highest BCUT2D eigenvalue weighted by Crippen LogP contribution is 2.13. The summed E-state index contributed by atoms with van der Waals surface area (Å²) in [4.78, 5) is 2.72. The number of hydrogen-bond acceptors (Lipinski definition) is 3. The van der Waals surface area contributed by atoms with Crippen LogP contribution in [0.1, 0.15) is 19.4 Å². The maximum Gasteiger partial charge on any atom is 0.120 e. The summed E-state index contributed by atoms with van der Waals surface area (Å²) in [5, 5.41) is 0. The third kappa shape index (κ3) is 4.71. The van der Waals surface area contributed by atoms with E-state index in [9.17, 15) is 0 Å². The number of benzene rings is 1. The minimum Gasteiger partial charge on any atom is -0.492 e. The first-order chi connectivity index (χ1) is 8.17. The molecule has 1 rings (SSSR count). The number of nitrogens with two attached hydrogens (primary N) is 1. The maximum atomic E-state index is 5.67. The van der Waals surface area contributed by atoms with Crippen molar-refractivity contribution in [3.05, 3.63) is 29.8 Å². The molecule has 0 saturated heterocycles. The highest BCUT2D eigenvalue weighted by molar-refractivity contribution is 7.80. The molecule has 0 aliphatic heterocycles. The molecular weight excluding hydrogens is 232 g/mol. The summed E-state index contributed by atoms with van der Waals surface area (Å²) < 4.78 is 5.67. The van der Waals surface area contributed by atoms with E-state index in [2.05, 4.69) is 18.7 Å². The largest absolute Gasteiger partial charge is 0.492 e. The van der Waals surface area contributed by atoms with Crippen LogP contribution in [0.4, 0.5) is 0 Å². The average Bonchev–Trinajstić information content (AvgIpc) is 2.35. The molecule has 0 saturated carbocycles. The van der Waals surface area contributed by atoms with Gasteiger partial charge in [0.15, 0.2) is 0 Å². The van der Waals surface area contributed by atoms with Gasteiger partial charge in [-0.1, -0.05) is 38.2 Å². The number of hydrogen-bond donors (Lipinski definition) is 1. The third-order valence-corrected chi connectivity index (χ3v) is 2.92. The smallest absolute Gasteiger partial charge is 0.120 e. The maximum absolute atomic E-state index is 5.67. The van der Waals surface area contributed by atoms with Crippen LogP contribution in [0.2, 0.25) is 0 Å². The second-order valence-electron chi connectivity index (χ2n) is 3.77. The van der Waals surface area contributed by atoms with Crippen molar-refractivity contribution < 1.29 is 4.74 Å². The Balaban J connectivity index is 2.46. The Morgan fingerprint density at radius 3 is 2.65 bits per heavy atom. The zero-order valence-corrected chi connectivity index (χ0v) is 11.3. The average molecular weight is 252 g/mol. The van der Waals surface area contributed by atoms with Gasteiger partial charge < -0.3 is 15.4 Å². The summed E-state index contributed by atoms with van der Waals surface area (Å²) in [6.07, 6.45) is 0. The molecular formula is C13H20N2OS. The van der Waals surface area contributed by atoms with E-state index in [4.69, 9.17) is 22.7 Å². The number of rotatable bonds is 7. The zero-order valence-electron chi connectivity index (χ0n) is 10.5. The van der Waals surface area contributed by atoms with Crippen molar-refractivity contribution in [2.75, 3.05) is 26.2 Å². The molecule has 3 nitrogen and oxygen atoms in total. The van der Waals surface area contributed by atoms with Gasteiger partial charge >= 0.3 is 0 Å². The first-order valence-corrected chi connectivity index (χ1v) is 6.33. The molecule has 0 aromatic heterocycles. The van der Waals surface area contributed by atoms with E-state index in [1.54, 1.807) is 0 Å². The van der Waals surface area contributed by atoms with E-state index in [-0.39, 0.29) is 0 Å². The molecule has 0 aliphatic carbocycles. The molecule has 0 radical (unpaired) electrons. The summed E-state index contributed by atoms with van der Waals surface area (Å²) in [5.74, 6) is 0.822. The van der Waals surface area contributed by atoms with Crippen molar-refractivity contribution in [1.82, 2.24) is 4.90 Å². The Morgan fingerprint density at radius 2 is 2.06 bits per heavy atom. The number of nitrogens with zero attached hydrogens (tertiary/aromatic N) is 1. The van der Waals surface area contributed by atoms with Gasteiger partial charge in [-0.25, -0.2) is 0 Å². The molecule has 1 aromatic carbocycles. The van der Waals surface area contributed by atoms with Gasteiger partial charge in [0.2, 0.25) is 0 Å². The van der Waals surface area contributed by atoms with Gasteiger partial charge in [0.25, 0.3) is 0 Å². The Kier molecular flexibility index (Phi) is 5.94. The standard InChI is InChI=1S/C13H20N2OS/c1-3-15(4-2)8-9-16-12-7-5-6-11(10-12)13(14)17/h5-7,10H,3-4,8-9H2,1-2H3,(H2,14,17). The van der Waals surface area contributed by atoms with Crippen LogP contribution in [0, 0.1) is 0 Å². The summed E-state index contributed by atoms with van der Waals surface area (Å²) in [6, 6.07) is 7.59. The molecule has 4 heteroatoms. The van der Waals surface area contributed by atoms with Gasteiger partial charge in [-0.2, -0.15) is 0 Å². The van der Waals surface area contributed by atoms with E-state index in [1.807, 2.05) is 24.3 Å². The minimum absolute atomic E-state index is 0.402. The van der Waals surface area contributed by atoms with Crippen molar-refractivity contribution in [1.29, 1.82) is 0 Å². The lowest BCUT2D eigenvalue weighted by Crippen LogP contribution is -2.27. The number of thiocarbonyl (C=S) groups is 1. The summed E-state index contributed by atoms with van der Waals surface area (Å²) in [6.45, 7) is 8.01. The molecule has 0 fully saturated rings. The molecule has 0 spiro atoms. The van der Waals surface area contributed by atoms with Crippen LogP contribution >= 0.6 is 12.2 Å². The second kappa shape index (κ2) is 7.25. The van der Waals surface area contributed by atoms with Gasteiger partial charge in [0.1, 0.15) is 17.3 Å². The molecule has 2 N–H and O–H groups in total. The fourth-order valence-electron chi connectivity index (χ4n) is 1.57. The second-order valence-corrected chi connectivity index (χ2v) is 4.21. The molecule has 0 aliphatic rings. The van der Waals surface area contributed by atoms with Gasteiger partial charge in [0.05, 0.1) is 0 Å². The van der Waals surface area contributed by atoms with E-state index >= 15 is 0 Å². The third-order valence-electron chi connectivity index (χ3n) is 2.69. The van der Waals surface area contributed by atoms with Crippen molar-refractivity contribution in [3.8, 4) is 5.75 Å². The van der Waals surface area contributed by atoms with Crippen molar-refractivity contribution in [3.63, 3.8) is 0 Å². The van der Waals surface area contributed by atoms with E-state index in [1.165, 1.54) is 0 Å². The summed E-state index contributed by atoms with van der Waals surface area (Å²) in [7, 11) is 0. The van der Waals surface area contributed by atoms with Gasteiger partial charge in [0, 0.05) is 12.1 Å². The van der Waals surface area contributed by atoms with Crippen LogP contribution in [-0.2, 0) is 0 Å². The Hall–Kier alpha value is -1.13. The lowest BCUT2D eigenvalue weighted by atomic mass is 10.2. The molecule has 0 bridgehead atoms. The lowest BCUT2D eigenvalue weighted by molar-refractivity contribution is 0.223. The van der Waals surface area contributed by atoms with Crippen LogP contribution in [0.25, 0.3) is 0 Å².